The number of carbonyl (C=O) groups is 2. The summed E-state index contributed by atoms with van der Waals surface area (Å²) in [6.45, 7) is 0.235. The van der Waals surface area contributed by atoms with E-state index in [9.17, 15) is 14.7 Å². The molecule has 0 unspecified atom stereocenters. The van der Waals surface area contributed by atoms with E-state index in [4.69, 9.17) is 27.9 Å². The maximum Gasteiger partial charge on any atom is 0.337 e. The smallest absolute Gasteiger partial charge is 0.337 e. The summed E-state index contributed by atoms with van der Waals surface area (Å²) in [5.41, 5.74) is 1.04. The predicted molar refractivity (Wildman–Crippen MR) is 106 cm³/mol. The van der Waals surface area contributed by atoms with E-state index in [0.29, 0.717) is 10.8 Å². The molecule has 0 fully saturated rings. The van der Waals surface area contributed by atoms with Gasteiger partial charge >= 0.3 is 5.97 Å². The Balaban J connectivity index is 1.79. The molecule has 8 heteroatoms. The minimum absolute atomic E-state index is 0.109. The van der Waals surface area contributed by atoms with Gasteiger partial charge in [-0.3, -0.25) is 9.78 Å². The van der Waals surface area contributed by atoms with Crippen LogP contribution in [0.25, 0.3) is 0 Å². The summed E-state index contributed by atoms with van der Waals surface area (Å²) in [7, 11) is 0. The van der Waals surface area contributed by atoms with Crippen LogP contribution in [-0.4, -0.2) is 22.0 Å². The normalized spacial score (nSPS) is 10.4. The van der Waals surface area contributed by atoms with Crippen molar-refractivity contribution in [3.05, 3.63) is 87.7 Å². The molecule has 0 aliphatic carbocycles. The molecule has 0 saturated carbocycles. The van der Waals surface area contributed by atoms with Crippen LogP contribution in [0.15, 0.2) is 60.9 Å². The Bertz CT molecular complexity index is 1030. The molecule has 0 aliphatic heterocycles. The zero-order valence-electron chi connectivity index (χ0n) is 14.4. The molecule has 28 heavy (non-hydrogen) atoms. The fourth-order valence-corrected chi connectivity index (χ4v) is 2.91. The van der Waals surface area contributed by atoms with Crippen LogP contribution in [0.5, 0.6) is 5.75 Å². The highest BCUT2D eigenvalue weighted by Crippen LogP contribution is 2.26. The van der Waals surface area contributed by atoms with Gasteiger partial charge in [0, 0.05) is 23.0 Å². The van der Waals surface area contributed by atoms with Crippen molar-refractivity contribution in [3.8, 4) is 5.75 Å². The Morgan fingerprint density at radius 3 is 2.57 bits per heavy atom. The van der Waals surface area contributed by atoms with Crippen molar-refractivity contribution in [2.45, 2.75) is 6.61 Å². The summed E-state index contributed by atoms with van der Waals surface area (Å²) in [4.78, 5) is 28.1. The van der Waals surface area contributed by atoms with Gasteiger partial charge in [-0.15, -0.1) is 0 Å². The topological polar surface area (TPSA) is 88.5 Å². The van der Waals surface area contributed by atoms with Gasteiger partial charge in [0.1, 0.15) is 12.4 Å². The molecule has 0 atom stereocenters. The average Bonchev–Trinajstić information content (AvgIpc) is 2.67. The van der Waals surface area contributed by atoms with Crippen LogP contribution in [0.1, 0.15) is 26.3 Å². The number of aromatic carboxylic acids is 1. The lowest BCUT2D eigenvalue weighted by Crippen LogP contribution is -2.15. The molecule has 1 amide bonds. The highest BCUT2D eigenvalue weighted by molar-refractivity contribution is 6.37. The zero-order valence-corrected chi connectivity index (χ0v) is 15.9. The molecule has 3 aromatic rings. The van der Waals surface area contributed by atoms with Crippen LogP contribution in [0.3, 0.4) is 0 Å². The van der Waals surface area contributed by atoms with Crippen LogP contribution in [0, 0.1) is 0 Å². The minimum Gasteiger partial charge on any atom is -0.489 e. The van der Waals surface area contributed by atoms with Crippen molar-refractivity contribution < 1.29 is 19.4 Å². The summed E-state index contributed by atoms with van der Waals surface area (Å²) in [6, 6.07) is 12.4. The van der Waals surface area contributed by atoms with Gasteiger partial charge in [-0.25, -0.2) is 4.79 Å². The molecular weight excluding hydrogens is 403 g/mol. The first kappa shape index (κ1) is 19.7. The monoisotopic (exact) mass is 416 g/mol. The molecule has 0 radical (unpaired) electrons. The minimum atomic E-state index is -1.20. The van der Waals surface area contributed by atoms with Crippen molar-refractivity contribution >= 4 is 40.8 Å². The van der Waals surface area contributed by atoms with E-state index in [0.717, 1.165) is 5.56 Å². The van der Waals surface area contributed by atoms with Crippen LogP contribution in [0.4, 0.5) is 5.69 Å². The van der Waals surface area contributed by atoms with Gasteiger partial charge in [-0.05, 0) is 42.5 Å². The van der Waals surface area contributed by atoms with E-state index >= 15 is 0 Å². The molecule has 2 aromatic carbocycles. The Morgan fingerprint density at radius 1 is 1.07 bits per heavy atom. The third-order valence-corrected chi connectivity index (χ3v) is 4.32. The number of hydrogen-bond donors (Lipinski definition) is 2. The molecule has 2 N–H and O–H groups in total. The van der Waals surface area contributed by atoms with E-state index < -0.39 is 11.9 Å². The van der Waals surface area contributed by atoms with Gasteiger partial charge in [0.05, 0.1) is 21.8 Å². The van der Waals surface area contributed by atoms with Crippen LogP contribution in [-0.2, 0) is 6.61 Å². The summed E-state index contributed by atoms with van der Waals surface area (Å²) in [5.74, 6) is -1.40. The molecule has 0 spiro atoms. The lowest BCUT2D eigenvalue weighted by Gasteiger charge is -2.12. The largest absolute Gasteiger partial charge is 0.489 e. The summed E-state index contributed by atoms with van der Waals surface area (Å²) in [6.07, 6.45) is 3.30. The number of hydrogen-bond acceptors (Lipinski definition) is 4. The average molecular weight is 417 g/mol. The highest BCUT2D eigenvalue weighted by Gasteiger charge is 2.17. The number of carbonyl (C=O) groups excluding carboxylic acids is 1. The molecular formula is C20H14Cl2N2O4. The van der Waals surface area contributed by atoms with Crippen molar-refractivity contribution in [3.63, 3.8) is 0 Å². The maximum atomic E-state index is 12.4. The first-order valence-corrected chi connectivity index (χ1v) is 8.85. The molecule has 142 valence electrons. The van der Waals surface area contributed by atoms with E-state index in [2.05, 4.69) is 10.3 Å². The third-order valence-electron chi connectivity index (χ3n) is 3.77. The van der Waals surface area contributed by atoms with Gasteiger partial charge in [0.25, 0.3) is 5.91 Å². The highest BCUT2D eigenvalue weighted by atomic mass is 35.5. The Labute approximate surface area is 170 Å². The van der Waals surface area contributed by atoms with E-state index in [1.165, 1.54) is 30.3 Å². The number of pyridine rings is 1. The van der Waals surface area contributed by atoms with Gasteiger partial charge in [0.2, 0.25) is 0 Å². The number of benzene rings is 2. The fourth-order valence-electron chi connectivity index (χ4n) is 2.41. The molecule has 6 nitrogen and oxygen atoms in total. The van der Waals surface area contributed by atoms with Gasteiger partial charge in [-0.1, -0.05) is 29.3 Å². The third kappa shape index (κ3) is 4.79. The van der Waals surface area contributed by atoms with Crippen molar-refractivity contribution in [1.29, 1.82) is 0 Å². The SMILES string of the molecule is O=C(Nc1ccc(OCc2cccnc2)cc1C(=O)O)c1ccc(Cl)cc1Cl. The number of rotatable bonds is 6. The molecule has 1 heterocycles. The van der Waals surface area contributed by atoms with Crippen molar-refractivity contribution in [1.82, 2.24) is 4.98 Å². The number of carboxylic acids is 1. The Hall–Kier alpha value is -3.09. The summed E-state index contributed by atoms with van der Waals surface area (Å²) >= 11 is 11.9. The number of carboxylic acid groups (broad SMARTS) is 1. The second kappa shape index (κ2) is 8.73. The molecule has 0 aliphatic rings. The number of nitrogens with one attached hydrogen (secondary N) is 1. The molecule has 1 aromatic heterocycles. The predicted octanol–water partition coefficient (Wildman–Crippen LogP) is 4.92. The van der Waals surface area contributed by atoms with Crippen LogP contribution >= 0.6 is 23.2 Å². The van der Waals surface area contributed by atoms with E-state index in [1.807, 2.05) is 6.07 Å². The van der Waals surface area contributed by atoms with Gasteiger partial charge < -0.3 is 15.2 Å². The number of aromatic nitrogens is 1. The van der Waals surface area contributed by atoms with Crippen molar-refractivity contribution in [2.75, 3.05) is 5.32 Å². The van der Waals surface area contributed by atoms with Crippen LogP contribution in [0.2, 0.25) is 10.0 Å². The second-order valence-electron chi connectivity index (χ2n) is 5.74. The van der Waals surface area contributed by atoms with Crippen LogP contribution < -0.4 is 10.1 Å². The van der Waals surface area contributed by atoms with Gasteiger partial charge in [-0.2, -0.15) is 0 Å². The van der Waals surface area contributed by atoms with E-state index in [-0.39, 0.29) is 28.4 Å². The number of nitrogens with zero attached hydrogens (tertiary/aromatic N) is 1. The molecule has 0 bridgehead atoms. The van der Waals surface area contributed by atoms with Gasteiger partial charge in [0.15, 0.2) is 0 Å². The fraction of sp³-hybridized carbons (Fsp3) is 0.0500. The maximum absolute atomic E-state index is 12.4. The lowest BCUT2D eigenvalue weighted by molar-refractivity contribution is 0.0697. The quantitative estimate of drug-likeness (QED) is 0.595. The summed E-state index contributed by atoms with van der Waals surface area (Å²) < 4.78 is 5.61. The second-order valence-corrected chi connectivity index (χ2v) is 6.58. The number of amides is 1. The standard InChI is InChI=1S/C20H14Cl2N2O4/c21-13-3-5-15(17(22)8-13)19(25)24-18-6-4-14(9-16(18)20(26)27)28-11-12-2-1-7-23-10-12/h1-10H,11H2,(H,24,25)(H,26,27). The van der Waals surface area contributed by atoms with E-state index in [1.54, 1.807) is 24.5 Å². The van der Waals surface area contributed by atoms with Crippen molar-refractivity contribution in [2.24, 2.45) is 0 Å². The molecule has 0 saturated heterocycles. The zero-order chi connectivity index (χ0) is 20.1. The Kier molecular flexibility index (Phi) is 6.13. The number of halogens is 2. The summed E-state index contributed by atoms with van der Waals surface area (Å²) in [5, 5.41) is 12.6. The Morgan fingerprint density at radius 2 is 1.89 bits per heavy atom. The lowest BCUT2D eigenvalue weighted by atomic mass is 10.1. The first-order chi connectivity index (χ1) is 13.4. The number of anilines is 1. The first-order valence-electron chi connectivity index (χ1n) is 8.09. The number of ether oxygens (including phenoxy) is 1. The molecule has 3 rings (SSSR count).